The van der Waals surface area contributed by atoms with Crippen LogP contribution >= 0.6 is 23.2 Å². The molecule has 6 nitrogen and oxygen atoms in total. The maximum absolute atomic E-state index is 14.7. The van der Waals surface area contributed by atoms with Crippen LogP contribution in [0.3, 0.4) is 0 Å². The Labute approximate surface area is 180 Å². The van der Waals surface area contributed by atoms with Crippen LogP contribution in [0.15, 0.2) is 47.4 Å². The molecule has 1 atom stereocenters. The van der Waals surface area contributed by atoms with Crippen LogP contribution in [0.5, 0.6) is 0 Å². The average Bonchev–Trinajstić information content (AvgIpc) is 2.65. The van der Waals surface area contributed by atoms with E-state index in [9.17, 15) is 21.2 Å². The van der Waals surface area contributed by atoms with Crippen molar-refractivity contribution in [1.82, 2.24) is 4.72 Å². The summed E-state index contributed by atoms with van der Waals surface area (Å²) in [5.41, 5.74) is -0.212. The van der Waals surface area contributed by atoms with Gasteiger partial charge < -0.3 is 0 Å². The van der Waals surface area contributed by atoms with Crippen LogP contribution in [0.1, 0.15) is 19.8 Å². The van der Waals surface area contributed by atoms with Crippen molar-refractivity contribution in [2.45, 2.75) is 30.7 Å². The van der Waals surface area contributed by atoms with Gasteiger partial charge in [0.2, 0.25) is 10.0 Å². The second kappa shape index (κ2) is 9.61. The molecule has 0 bridgehead atoms. The summed E-state index contributed by atoms with van der Waals surface area (Å²) in [5, 5.41) is 0.138. The molecule has 0 heterocycles. The molecule has 0 unspecified atom stereocenters. The van der Waals surface area contributed by atoms with E-state index < -0.39 is 31.9 Å². The Balaban J connectivity index is 2.46. The first-order valence-electron chi connectivity index (χ1n) is 8.65. The Morgan fingerprint density at radius 1 is 1.07 bits per heavy atom. The van der Waals surface area contributed by atoms with Crippen LogP contribution in [0.2, 0.25) is 10.0 Å². The molecule has 0 radical (unpaired) electrons. The van der Waals surface area contributed by atoms with Crippen LogP contribution in [0.25, 0.3) is 0 Å². The Hall–Kier alpha value is -1.39. The summed E-state index contributed by atoms with van der Waals surface area (Å²) < 4.78 is 67.8. The topological polar surface area (TPSA) is 83.6 Å². The van der Waals surface area contributed by atoms with E-state index in [-0.39, 0.29) is 34.2 Å². The lowest BCUT2D eigenvalue weighted by atomic mass is 10.2. The molecule has 160 valence electrons. The van der Waals surface area contributed by atoms with Gasteiger partial charge in [0.15, 0.2) is 5.82 Å². The van der Waals surface area contributed by atoms with Crippen molar-refractivity contribution in [3.8, 4) is 0 Å². The molecular formula is C18H21Cl2FN2O4S2. The fourth-order valence-electron chi connectivity index (χ4n) is 2.77. The minimum absolute atomic E-state index is 0.0732. The number of sulfonamides is 2. The number of nitrogens with zero attached hydrogens (tertiary/aromatic N) is 1. The molecule has 0 aliphatic rings. The molecule has 2 aromatic rings. The Kier molecular flexibility index (Phi) is 7.92. The number of halogens is 3. The third-order valence-electron chi connectivity index (χ3n) is 4.29. The first-order valence-corrected chi connectivity index (χ1v) is 12.5. The molecule has 1 N–H and O–H groups in total. The van der Waals surface area contributed by atoms with Crippen molar-refractivity contribution in [3.63, 3.8) is 0 Å². The van der Waals surface area contributed by atoms with E-state index in [2.05, 4.69) is 4.72 Å². The quantitative estimate of drug-likeness (QED) is 0.584. The highest BCUT2D eigenvalue weighted by molar-refractivity contribution is 7.92. The molecule has 2 aromatic carbocycles. The van der Waals surface area contributed by atoms with Gasteiger partial charge in [0, 0.05) is 11.1 Å². The van der Waals surface area contributed by atoms with Gasteiger partial charge >= 0.3 is 0 Å². The zero-order valence-corrected chi connectivity index (χ0v) is 18.9. The second-order valence-corrected chi connectivity index (χ2v) is 11.0. The van der Waals surface area contributed by atoms with Crippen LogP contribution in [0, 0.1) is 5.82 Å². The van der Waals surface area contributed by atoms with Crippen molar-refractivity contribution in [2.24, 2.45) is 0 Å². The van der Waals surface area contributed by atoms with Crippen molar-refractivity contribution in [2.75, 3.05) is 17.1 Å². The number of benzene rings is 2. The van der Waals surface area contributed by atoms with Crippen molar-refractivity contribution in [3.05, 3.63) is 58.3 Å². The molecular weight excluding hydrogens is 462 g/mol. The van der Waals surface area contributed by atoms with E-state index in [4.69, 9.17) is 23.2 Å². The van der Waals surface area contributed by atoms with Gasteiger partial charge in [0.1, 0.15) is 0 Å². The first kappa shape index (κ1) is 23.9. The second-order valence-electron chi connectivity index (χ2n) is 6.34. The van der Waals surface area contributed by atoms with Crippen molar-refractivity contribution < 1.29 is 21.2 Å². The van der Waals surface area contributed by atoms with E-state index in [0.717, 1.165) is 4.31 Å². The lowest BCUT2D eigenvalue weighted by Crippen LogP contribution is -2.39. The maximum atomic E-state index is 14.7. The Morgan fingerprint density at radius 3 is 2.28 bits per heavy atom. The standard InChI is InChI=1S/C18H21Cl2FN2O4S2/c1-13(5-4-12-28(24,25)22-2)23(17-7-3-6-16(20)18(17)21)29(26,27)15-10-8-14(19)9-11-15/h3,6-11,13,22H,4-5,12H2,1-2H3/t13-/m1/s1. The van der Waals surface area contributed by atoms with E-state index in [0.29, 0.717) is 5.02 Å². The summed E-state index contributed by atoms with van der Waals surface area (Å²) in [6, 6.07) is 8.83. The average molecular weight is 483 g/mol. The number of anilines is 1. The van der Waals surface area contributed by atoms with E-state index in [1.807, 2.05) is 0 Å². The van der Waals surface area contributed by atoms with Gasteiger partial charge in [-0.1, -0.05) is 29.3 Å². The zero-order chi connectivity index (χ0) is 21.8. The summed E-state index contributed by atoms with van der Waals surface area (Å²) in [4.78, 5) is -0.0732. The highest BCUT2D eigenvalue weighted by Crippen LogP contribution is 2.33. The summed E-state index contributed by atoms with van der Waals surface area (Å²) in [6.45, 7) is 1.58. The molecule has 29 heavy (non-hydrogen) atoms. The molecule has 0 saturated carbocycles. The molecule has 0 fully saturated rings. The van der Waals surface area contributed by atoms with Crippen molar-refractivity contribution in [1.29, 1.82) is 0 Å². The summed E-state index contributed by atoms with van der Waals surface area (Å²) in [6.07, 6.45) is 0.360. The lowest BCUT2D eigenvalue weighted by Gasteiger charge is -2.31. The predicted molar refractivity (Wildman–Crippen MR) is 114 cm³/mol. The van der Waals surface area contributed by atoms with Gasteiger partial charge in [0.05, 0.1) is 21.4 Å². The minimum atomic E-state index is -4.17. The fraction of sp³-hybridized carbons (Fsp3) is 0.333. The highest BCUT2D eigenvalue weighted by Gasteiger charge is 2.32. The van der Waals surface area contributed by atoms with Crippen molar-refractivity contribution >= 4 is 48.9 Å². The summed E-state index contributed by atoms with van der Waals surface area (Å²) in [5.74, 6) is -1.05. The van der Waals surface area contributed by atoms with Gasteiger partial charge in [-0.05, 0) is 63.2 Å². The van der Waals surface area contributed by atoms with Gasteiger partial charge in [-0.15, -0.1) is 0 Å². The van der Waals surface area contributed by atoms with Gasteiger partial charge in [-0.25, -0.2) is 25.9 Å². The predicted octanol–water partition coefficient (Wildman–Crippen LogP) is 4.05. The highest BCUT2D eigenvalue weighted by atomic mass is 35.5. The van der Waals surface area contributed by atoms with Crippen LogP contribution in [-0.4, -0.2) is 35.7 Å². The van der Waals surface area contributed by atoms with Gasteiger partial charge in [0.25, 0.3) is 10.0 Å². The van der Waals surface area contributed by atoms with Gasteiger partial charge in [-0.2, -0.15) is 0 Å². The number of hydrogen-bond donors (Lipinski definition) is 1. The normalized spacial score (nSPS) is 13.3. The number of nitrogens with one attached hydrogen (secondary N) is 1. The SMILES string of the molecule is CNS(=O)(=O)CCC[C@@H](C)N(c1cccc(Cl)c1F)S(=O)(=O)c1ccc(Cl)cc1. The molecule has 0 spiro atoms. The molecule has 0 aliphatic carbocycles. The summed E-state index contributed by atoms with van der Waals surface area (Å²) >= 11 is 11.7. The summed E-state index contributed by atoms with van der Waals surface area (Å²) in [7, 11) is -6.31. The Bertz CT molecular complexity index is 1060. The lowest BCUT2D eigenvalue weighted by molar-refractivity contribution is 0.555. The van der Waals surface area contributed by atoms with Crippen LogP contribution in [0.4, 0.5) is 10.1 Å². The third kappa shape index (κ3) is 5.82. The number of rotatable bonds is 9. The molecule has 2 rings (SSSR count). The van der Waals surface area contributed by atoms with E-state index >= 15 is 0 Å². The molecule has 0 amide bonds. The largest absolute Gasteiger partial charge is 0.264 e. The molecule has 0 saturated heterocycles. The number of hydrogen-bond acceptors (Lipinski definition) is 4. The van der Waals surface area contributed by atoms with Gasteiger partial charge in [-0.3, -0.25) is 4.31 Å². The smallest absolute Gasteiger partial charge is 0.261 e. The minimum Gasteiger partial charge on any atom is -0.261 e. The Morgan fingerprint density at radius 2 is 1.69 bits per heavy atom. The fourth-order valence-corrected chi connectivity index (χ4v) is 5.51. The zero-order valence-electron chi connectivity index (χ0n) is 15.8. The molecule has 0 aromatic heterocycles. The third-order valence-corrected chi connectivity index (χ3v) is 8.22. The molecule has 0 aliphatic heterocycles. The first-order chi connectivity index (χ1) is 13.5. The van der Waals surface area contributed by atoms with E-state index in [1.54, 1.807) is 6.92 Å². The van der Waals surface area contributed by atoms with Crippen LogP contribution in [-0.2, 0) is 20.0 Å². The molecule has 11 heteroatoms. The van der Waals surface area contributed by atoms with E-state index in [1.165, 1.54) is 49.5 Å². The monoisotopic (exact) mass is 482 g/mol. The maximum Gasteiger partial charge on any atom is 0.264 e. The van der Waals surface area contributed by atoms with Crippen LogP contribution < -0.4 is 9.03 Å².